The normalized spacial score (nSPS) is 20.3. The van der Waals surface area contributed by atoms with Crippen molar-refractivity contribution in [2.45, 2.75) is 90.6 Å². The Morgan fingerprint density at radius 2 is 1.84 bits per heavy atom. The Labute approximate surface area is 186 Å². The average molecular weight is 437 g/mol. The van der Waals surface area contributed by atoms with Crippen LogP contribution in [0.5, 0.6) is 0 Å². The molecule has 0 fully saturated rings. The van der Waals surface area contributed by atoms with Gasteiger partial charge in [0.25, 0.3) is 0 Å². The Bertz CT molecular complexity index is 609. The summed E-state index contributed by atoms with van der Waals surface area (Å²) in [6, 6.07) is 0. The number of carboxylic acids is 1. The molecule has 0 saturated heterocycles. The van der Waals surface area contributed by atoms with Gasteiger partial charge in [-0.3, -0.25) is 14.4 Å². The summed E-state index contributed by atoms with van der Waals surface area (Å²) >= 11 is 0. The second-order valence-corrected chi connectivity index (χ2v) is 8.61. The molecule has 2 N–H and O–H groups in total. The molecule has 0 radical (unpaired) electrons. The van der Waals surface area contributed by atoms with E-state index in [-0.39, 0.29) is 36.4 Å². The van der Waals surface area contributed by atoms with Crippen LogP contribution < -0.4 is 0 Å². The number of carbonyl (C=O) groups excluding carboxylic acids is 2. The van der Waals surface area contributed by atoms with Crippen LogP contribution in [0.3, 0.4) is 0 Å². The molecule has 176 valence electrons. The molecule has 0 amide bonds. The van der Waals surface area contributed by atoms with Crippen LogP contribution in [0.1, 0.15) is 84.5 Å². The number of aliphatic hydroxyl groups is 1. The second kappa shape index (κ2) is 15.8. The van der Waals surface area contributed by atoms with Gasteiger partial charge in [-0.1, -0.05) is 70.6 Å². The van der Waals surface area contributed by atoms with E-state index in [1.54, 1.807) is 6.08 Å². The third-order valence-corrected chi connectivity index (χ3v) is 5.90. The zero-order valence-corrected chi connectivity index (χ0v) is 19.1. The van der Waals surface area contributed by atoms with Gasteiger partial charge in [-0.2, -0.15) is 0 Å². The first kappa shape index (κ1) is 27.1. The summed E-state index contributed by atoms with van der Waals surface area (Å²) < 4.78 is 5.01. The number of aliphatic hydroxyl groups excluding tert-OH is 1. The van der Waals surface area contributed by atoms with Crippen LogP contribution in [0.25, 0.3) is 0 Å². The molecule has 6 nitrogen and oxygen atoms in total. The molecule has 0 aromatic carbocycles. The van der Waals surface area contributed by atoms with Gasteiger partial charge in [-0.05, 0) is 31.3 Å². The predicted molar refractivity (Wildman–Crippen MR) is 120 cm³/mol. The van der Waals surface area contributed by atoms with E-state index < -0.39 is 18.0 Å². The molecule has 6 heteroatoms. The maximum atomic E-state index is 12.2. The Morgan fingerprint density at radius 3 is 2.55 bits per heavy atom. The molecule has 0 saturated carbocycles. The van der Waals surface area contributed by atoms with Crippen LogP contribution in [0.2, 0.25) is 0 Å². The van der Waals surface area contributed by atoms with Gasteiger partial charge in [-0.25, -0.2) is 0 Å². The van der Waals surface area contributed by atoms with Crippen molar-refractivity contribution in [1.29, 1.82) is 0 Å². The Kier molecular flexibility index (Phi) is 13.8. The Balaban J connectivity index is 2.19. The van der Waals surface area contributed by atoms with Crippen molar-refractivity contribution in [3.05, 3.63) is 24.3 Å². The highest BCUT2D eigenvalue weighted by atomic mass is 16.5. The van der Waals surface area contributed by atoms with E-state index in [9.17, 15) is 19.5 Å². The maximum Gasteiger partial charge on any atom is 0.306 e. The topological polar surface area (TPSA) is 101 Å². The summed E-state index contributed by atoms with van der Waals surface area (Å²) in [5.74, 6) is -0.999. The number of ketones is 1. The Morgan fingerprint density at radius 1 is 1.13 bits per heavy atom. The second-order valence-electron chi connectivity index (χ2n) is 8.61. The van der Waals surface area contributed by atoms with E-state index in [1.807, 2.05) is 18.2 Å². The lowest BCUT2D eigenvalue weighted by atomic mass is 9.88. The van der Waals surface area contributed by atoms with E-state index in [2.05, 4.69) is 13.8 Å². The van der Waals surface area contributed by atoms with Gasteiger partial charge in [0.15, 0.2) is 5.78 Å². The van der Waals surface area contributed by atoms with Gasteiger partial charge < -0.3 is 14.9 Å². The lowest BCUT2D eigenvalue weighted by molar-refractivity contribution is -0.147. The first-order valence-electron chi connectivity index (χ1n) is 11.8. The van der Waals surface area contributed by atoms with Crippen molar-refractivity contribution >= 4 is 17.7 Å². The Hall–Kier alpha value is -1.95. The van der Waals surface area contributed by atoms with Gasteiger partial charge in [-0.15, -0.1) is 0 Å². The summed E-state index contributed by atoms with van der Waals surface area (Å²) in [5, 5.41) is 18.8. The standard InChI is InChI=1S/C25H40O6/c1-3-4-10-19(2)22(26)14-12-20-13-15-23(27)21(20)11-8-6-5-7-9-18-31-25(30)17-16-24(28)29/h12-15,19-22,26H,3-11,16-18H2,1-2H3,(H,28,29)/b14-12+/t19?,20-,21+,22+/m0/s1. The smallest absolute Gasteiger partial charge is 0.306 e. The van der Waals surface area contributed by atoms with Crippen molar-refractivity contribution in [3.63, 3.8) is 0 Å². The van der Waals surface area contributed by atoms with E-state index in [1.165, 1.54) is 0 Å². The van der Waals surface area contributed by atoms with E-state index >= 15 is 0 Å². The number of allylic oxidation sites excluding steroid dienone is 3. The highest BCUT2D eigenvalue weighted by Crippen LogP contribution is 2.29. The molecule has 4 atom stereocenters. The van der Waals surface area contributed by atoms with Crippen molar-refractivity contribution in [3.8, 4) is 0 Å². The molecular weight excluding hydrogens is 396 g/mol. The molecule has 0 bridgehead atoms. The van der Waals surface area contributed by atoms with Crippen LogP contribution in [0, 0.1) is 17.8 Å². The summed E-state index contributed by atoms with van der Waals surface area (Å²) in [6.07, 6.45) is 15.5. The summed E-state index contributed by atoms with van der Waals surface area (Å²) in [6.45, 7) is 4.54. The van der Waals surface area contributed by atoms with Crippen LogP contribution in [0.15, 0.2) is 24.3 Å². The van der Waals surface area contributed by atoms with Crippen molar-refractivity contribution in [1.82, 2.24) is 0 Å². The lowest BCUT2D eigenvalue weighted by Gasteiger charge is -2.18. The van der Waals surface area contributed by atoms with Crippen molar-refractivity contribution in [2.75, 3.05) is 6.61 Å². The number of ether oxygens (including phenoxy) is 1. The van der Waals surface area contributed by atoms with Gasteiger partial charge >= 0.3 is 11.9 Å². The molecule has 1 rings (SSSR count). The van der Waals surface area contributed by atoms with Crippen LogP contribution in [-0.2, 0) is 19.1 Å². The highest BCUT2D eigenvalue weighted by Gasteiger charge is 2.27. The number of unbranched alkanes of at least 4 members (excludes halogenated alkanes) is 5. The molecule has 0 spiro atoms. The minimum atomic E-state index is -0.997. The van der Waals surface area contributed by atoms with E-state index in [0.717, 1.165) is 57.8 Å². The first-order valence-corrected chi connectivity index (χ1v) is 11.8. The zero-order chi connectivity index (χ0) is 23.1. The van der Waals surface area contributed by atoms with Gasteiger partial charge in [0.05, 0.1) is 25.6 Å². The third kappa shape index (κ3) is 11.9. The number of hydrogen-bond donors (Lipinski definition) is 2. The number of carboxylic acid groups (broad SMARTS) is 1. The molecule has 0 aromatic rings. The van der Waals surface area contributed by atoms with E-state index in [4.69, 9.17) is 9.84 Å². The summed E-state index contributed by atoms with van der Waals surface area (Å²) in [7, 11) is 0. The molecule has 0 heterocycles. The van der Waals surface area contributed by atoms with Gasteiger partial charge in [0.2, 0.25) is 0 Å². The van der Waals surface area contributed by atoms with Gasteiger partial charge in [0.1, 0.15) is 0 Å². The largest absolute Gasteiger partial charge is 0.481 e. The lowest BCUT2D eigenvalue weighted by Crippen LogP contribution is -2.17. The fraction of sp³-hybridized carbons (Fsp3) is 0.720. The minimum absolute atomic E-state index is 0.0235. The average Bonchev–Trinajstić information content (AvgIpc) is 3.09. The van der Waals surface area contributed by atoms with Crippen molar-refractivity contribution < 1.29 is 29.3 Å². The molecule has 1 unspecified atom stereocenters. The number of carbonyl (C=O) groups is 3. The number of rotatable bonds is 17. The quantitative estimate of drug-likeness (QED) is 0.192. The molecule has 1 aliphatic rings. The van der Waals surface area contributed by atoms with Gasteiger partial charge in [0, 0.05) is 11.8 Å². The zero-order valence-electron chi connectivity index (χ0n) is 19.1. The number of aliphatic carboxylic acids is 1. The van der Waals surface area contributed by atoms with Crippen LogP contribution in [-0.4, -0.2) is 40.6 Å². The fourth-order valence-corrected chi connectivity index (χ4v) is 3.78. The number of hydrogen-bond acceptors (Lipinski definition) is 5. The highest BCUT2D eigenvalue weighted by molar-refractivity contribution is 5.94. The molecule has 0 aliphatic heterocycles. The minimum Gasteiger partial charge on any atom is -0.481 e. The fourth-order valence-electron chi connectivity index (χ4n) is 3.78. The summed E-state index contributed by atoms with van der Waals surface area (Å²) in [5.41, 5.74) is 0. The molecule has 31 heavy (non-hydrogen) atoms. The summed E-state index contributed by atoms with van der Waals surface area (Å²) in [4.78, 5) is 33.9. The van der Waals surface area contributed by atoms with Crippen molar-refractivity contribution in [2.24, 2.45) is 17.8 Å². The van der Waals surface area contributed by atoms with Crippen LogP contribution >= 0.6 is 0 Å². The molecule has 1 aliphatic carbocycles. The monoisotopic (exact) mass is 436 g/mol. The van der Waals surface area contributed by atoms with Crippen LogP contribution in [0.4, 0.5) is 0 Å². The molecular formula is C25H40O6. The number of esters is 1. The molecule has 0 aromatic heterocycles. The predicted octanol–water partition coefficient (Wildman–Crippen LogP) is 4.85. The first-order chi connectivity index (χ1) is 14.8. The SMILES string of the molecule is CCCCC(C)[C@H](O)/C=C/[C@H]1C=CC(=O)[C@@H]1CCCCCCCOC(=O)CCC(=O)O. The van der Waals surface area contributed by atoms with E-state index in [0.29, 0.717) is 6.61 Å². The maximum absolute atomic E-state index is 12.2. The third-order valence-electron chi connectivity index (χ3n) is 5.90.